The number of nitrogens with one attached hydrogen (secondary N) is 1. The largest absolute Gasteiger partial charge is 0.573 e. The van der Waals surface area contributed by atoms with Crippen LogP contribution in [0.5, 0.6) is 5.75 Å². The van der Waals surface area contributed by atoms with E-state index in [1.54, 1.807) is 0 Å². The Balaban J connectivity index is 1.63. The SMILES string of the molecule is O=C(NC1CCN(c2cccc(OC(F)(F)F)c2)C1=O)N1CCCCO1. The Morgan fingerprint density at radius 1 is 1.27 bits per heavy atom. The number of ether oxygens (including phenoxy) is 1. The standard InChI is InChI=1S/C16H18F3N3O4/c17-16(18,19)26-12-5-3-4-11(10-12)21-8-6-13(14(21)23)20-15(24)22-7-1-2-9-25-22/h3-5,10,13H,1-2,6-9H2,(H,20,24). The number of alkyl halides is 3. The van der Waals surface area contributed by atoms with E-state index >= 15 is 0 Å². The van der Waals surface area contributed by atoms with Crippen LogP contribution in [0.25, 0.3) is 0 Å². The molecule has 0 bridgehead atoms. The Bertz CT molecular complexity index is 677. The summed E-state index contributed by atoms with van der Waals surface area (Å²) in [5.41, 5.74) is 0.280. The van der Waals surface area contributed by atoms with Crippen molar-refractivity contribution < 1.29 is 32.3 Å². The lowest BCUT2D eigenvalue weighted by Gasteiger charge is -2.27. The lowest BCUT2D eigenvalue weighted by molar-refractivity contribution is -0.274. The van der Waals surface area contributed by atoms with Crippen LogP contribution in [-0.2, 0) is 9.63 Å². The summed E-state index contributed by atoms with van der Waals surface area (Å²) in [4.78, 5) is 31.2. The predicted octanol–water partition coefficient (Wildman–Crippen LogP) is 2.43. The third kappa shape index (κ3) is 4.37. The van der Waals surface area contributed by atoms with Crippen LogP contribution in [-0.4, -0.2) is 49.1 Å². The molecule has 1 N–H and O–H groups in total. The molecule has 2 heterocycles. The van der Waals surface area contributed by atoms with Crippen LogP contribution in [0, 0.1) is 0 Å². The van der Waals surface area contributed by atoms with Gasteiger partial charge in [-0.3, -0.25) is 9.63 Å². The van der Waals surface area contributed by atoms with Crippen LogP contribution in [0.1, 0.15) is 19.3 Å². The first-order valence-corrected chi connectivity index (χ1v) is 8.21. The summed E-state index contributed by atoms with van der Waals surface area (Å²) in [6.45, 7) is 1.18. The molecule has 1 atom stereocenters. The van der Waals surface area contributed by atoms with Crippen LogP contribution in [0.15, 0.2) is 24.3 Å². The van der Waals surface area contributed by atoms with E-state index in [4.69, 9.17) is 4.84 Å². The number of carbonyl (C=O) groups is 2. The summed E-state index contributed by atoms with van der Waals surface area (Å²) in [6, 6.07) is 3.95. The maximum Gasteiger partial charge on any atom is 0.573 e. The lowest BCUT2D eigenvalue weighted by atomic mass is 10.2. The van der Waals surface area contributed by atoms with E-state index in [-0.39, 0.29) is 18.1 Å². The summed E-state index contributed by atoms with van der Waals surface area (Å²) in [5, 5.41) is 3.80. The van der Waals surface area contributed by atoms with Gasteiger partial charge in [-0.2, -0.15) is 0 Å². The van der Waals surface area contributed by atoms with Crippen molar-refractivity contribution in [2.45, 2.75) is 31.7 Å². The number of benzene rings is 1. The molecule has 2 fully saturated rings. The molecule has 3 rings (SSSR count). The third-order valence-corrected chi connectivity index (χ3v) is 4.10. The monoisotopic (exact) mass is 373 g/mol. The van der Waals surface area contributed by atoms with E-state index in [0.29, 0.717) is 19.6 Å². The van der Waals surface area contributed by atoms with Gasteiger partial charge >= 0.3 is 12.4 Å². The van der Waals surface area contributed by atoms with Crippen LogP contribution in [0.4, 0.5) is 23.7 Å². The van der Waals surface area contributed by atoms with Crippen molar-refractivity contribution in [1.82, 2.24) is 10.4 Å². The highest BCUT2D eigenvalue weighted by atomic mass is 19.4. The fraction of sp³-hybridized carbons (Fsp3) is 0.500. The summed E-state index contributed by atoms with van der Waals surface area (Å²) in [7, 11) is 0. The van der Waals surface area contributed by atoms with Crippen molar-refractivity contribution in [2.75, 3.05) is 24.6 Å². The Morgan fingerprint density at radius 2 is 2.08 bits per heavy atom. The summed E-state index contributed by atoms with van der Waals surface area (Å²) >= 11 is 0. The minimum atomic E-state index is -4.81. The molecule has 2 aliphatic rings. The van der Waals surface area contributed by atoms with Crippen molar-refractivity contribution in [3.8, 4) is 5.75 Å². The molecule has 0 radical (unpaired) electrons. The van der Waals surface area contributed by atoms with Crippen LogP contribution < -0.4 is 15.0 Å². The van der Waals surface area contributed by atoms with Crippen LogP contribution >= 0.6 is 0 Å². The number of urea groups is 1. The van der Waals surface area contributed by atoms with E-state index in [1.807, 2.05) is 0 Å². The third-order valence-electron chi connectivity index (χ3n) is 4.10. The highest BCUT2D eigenvalue weighted by Crippen LogP contribution is 2.29. The summed E-state index contributed by atoms with van der Waals surface area (Å²) < 4.78 is 40.9. The highest BCUT2D eigenvalue weighted by Gasteiger charge is 2.36. The normalized spacial score (nSPS) is 21.0. The molecule has 1 aromatic carbocycles. The molecular weight excluding hydrogens is 355 g/mol. The molecule has 0 spiro atoms. The van der Waals surface area contributed by atoms with Gasteiger partial charge in [-0.15, -0.1) is 13.2 Å². The number of carbonyl (C=O) groups excluding carboxylic acids is 2. The van der Waals surface area contributed by atoms with Gasteiger partial charge in [0, 0.05) is 18.3 Å². The van der Waals surface area contributed by atoms with Crippen molar-refractivity contribution in [1.29, 1.82) is 0 Å². The van der Waals surface area contributed by atoms with E-state index in [0.717, 1.165) is 25.0 Å². The van der Waals surface area contributed by atoms with E-state index in [9.17, 15) is 22.8 Å². The molecule has 26 heavy (non-hydrogen) atoms. The zero-order chi connectivity index (χ0) is 18.7. The van der Waals surface area contributed by atoms with Gasteiger partial charge in [0.25, 0.3) is 0 Å². The molecule has 10 heteroatoms. The zero-order valence-corrected chi connectivity index (χ0v) is 13.8. The van der Waals surface area contributed by atoms with Gasteiger partial charge in [0.05, 0.1) is 13.2 Å². The van der Waals surface area contributed by atoms with Crippen LogP contribution in [0.2, 0.25) is 0 Å². The van der Waals surface area contributed by atoms with Gasteiger partial charge in [0.2, 0.25) is 5.91 Å². The number of hydrogen-bond donors (Lipinski definition) is 1. The fourth-order valence-corrected chi connectivity index (χ4v) is 2.90. The molecule has 7 nitrogen and oxygen atoms in total. The molecular formula is C16H18F3N3O4. The van der Waals surface area contributed by atoms with Gasteiger partial charge < -0.3 is 15.0 Å². The summed E-state index contributed by atoms with van der Waals surface area (Å²) in [6.07, 6.45) is -2.76. The Morgan fingerprint density at radius 3 is 2.77 bits per heavy atom. The number of anilines is 1. The smallest absolute Gasteiger partial charge is 0.406 e. The second-order valence-corrected chi connectivity index (χ2v) is 5.97. The fourth-order valence-electron chi connectivity index (χ4n) is 2.90. The zero-order valence-electron chi connectivity index (χ0n) is 13.8. The number of hydroxylamine groups is 2. The first-order chi connectivity index (χ1) is 12.3. The molecule has 3 amide bonds. The van der Waals surface area contributed by atoms with Crippen molar-refractivity contribution in [2.24, 2.45) is 0 Å². The average molecular weight is 373 g/mol. The minimum Gasteiger partial charge on any atom is -0.406 e. The Hall–Kier alpha value is -2.49. The van der Waals surface area contributed by atoms with Gasteiger partial charge in [-0.25, -0.2) is 9.86 Å². The molecule has 1 aromatic rings. The van der Waals surface area contributed by atoms with E-state index in [2.05, 4.69) is 10.1 Å². The summed E-state index contributed by atoms with van der Waals surface area (Å²) in [5.74, 6) is -0.795. The maximum absolute atomic E-state index is 12.5. The molecule has 0 aliphatic carbocycles. The number of rotatable bonds is 3. The number of amides is 3. The molecule has 2 aliphatic heterocycles. The van der Waals surface area contributed by atoms with Crippen molar-refractivity contribution in [3.05, 3.63) is 24.3 Å². The second-order valence-electron chi connectivity index (χ2n) is 5.97. The second kappa shape index (κ2) is 7.40. The Kier molecular flexibility index (Phi) is 5.21. The minimum absolute atomic E-state index is 0.278. The van der Waals surface area contributed by atoms with Gasteiger partial charge in [0.15, 0.2) is 0 Å². The van der Waals surface area contributed by atoms with Crippen molar-refractivity contribution in [3.63, 3.8) is 0 Å². The van der Waals surface area contributed by atoms with E-state index < -0.39 is 24.2 Å². The van der Waals surface area contributed by atoms with E-state index in [1.165, 1.54) is 22.1 Å². The molecule has 2 saturated heterocycles. The predicted molar refractivity (Wildman–Crippen MR) is 84.3 cm³/mol. The van der Waals surface area contributed by atoms with Gasteiger partial charge in [0.1, 0.15) is 11.8 Å². The number of hydrogen-bond acceptors (Lipinski definition) is 4. The van der Waals surface area contributed by atoms with Gasteiger partial charge in [-0.1, -0.05) is 6.07 Å². The Labute approximate surface area is 147 Å². The molecule has 0 saturated carbocycles. The van der Waals surface area contributed by atoms with Crippen LogP contribution in [0.3, 0.4) is 0 Å². The molecule has 142 valence electrons. The highest BCUT2D eigenvalue weighted by molar-refractivity contribution is 6.01. The quantitative estimate of drug-likeness (QED) is 0.884. The van der Waals surface area contributed by atoms with Crippen molar-refractivity contribution >= 4 is 17.6 Å². The average Bonchev–Trinajstić information content (AvgIpc) is 2.95. The molecule has 0 aromatic heterocycles. The van der Waals surface area contributed by atoms with Gasteiger partial charge in [-0.05, 0) is 31.4 Å². The number of nitrogens with zero attached hydrogens (tertiary/aromatic N) is 2. The first-order valence-electron chi connectivity index (χ1n) is 8.21. The maximum atomic E-state index is 12.5. The number of halogens is 3. The lowest BCUT2D eigenvalue weighted by Crippen LogP contribution is -2.49. The molecule has 1 unspecified atom stereocenters. The topological polar surface area (TPSA) is 71.1 Å². The first kappa shape index (κ1) is 18.3.